The predicted octanol–water partition coefficient (Wildman–Crippen LogP) is 3.10. The Kier molecular flexibility index (Phi) is 8.24. The molecule has 5 N–H and O–H groups in total. The molecule has 2 aromatic heterocycles. The third-order valence-corrected chi connectivity index (χ3v) is 5.47. The van der Waals surface area contributed by atoms with Gasteiger partial charge in [0.1, 0.15) is 11.3 Å². The van der Waals surface area contributed by atoms with Crippen molar-refractivity contribution in [3.05, 3.63) is 35.5 Å². The number of nitrogens with one attached hydrogen (secondary N) is 2. The molecule has 0 radical (unpaired) electrons. The lowest BCUT2D eigenvalue weighted by Crippen LogP contribution is -2.24. The van der Waals surface area contributed by atoms with E-state index >= 15 is 0 Å². The van der Waals surface area contributed by atoms with Crippen LogP contribution in [-0.2, 0) is 6.54 Å². The minimum atomic E-state index is -0.112. The van der Waals surface area contributed by atoms with E-state index in [-0.39, 0.29) is 24.6 Å². The maximum Gasteiger partial charge on any atom is 0.222 e. The van der Waals surface area contributed by atoms with E-state index in [2.05, 4.69) is 59.6 Å². The van der Waals surface area contributed by atoms with Gasteiger partial charge in [-0.15, -0.1) is 0 Å². The van der Waals surface area contributed by atoms with Crippen LogP contribution in [0.5, 0.6) is 5.75 Å². The molecule has 9 heteroatoms. The van der Waals surface area contributed by atoms with Gasteiger partial charge in [0, 0.05) is 11.6 Å². The number of aromatic nitrogens is 4. The maximum atomic E-state index is 9.65. The van der Waals surface area contributed by atoms with E-state index < -0.39 is 0 Å². The zero-order valence-electron chi connectivity index (χ0n) is 19.4. The molecule has 0 fully saturated rings. The van der Waals surface area contributed by atoms with Crippen LogP contribution >= 0.6 is 0 Å². The van der Waals surface area contributed by atoms with Gasteiger partial charge < -0.3 is 26.2 Å². The molecule has 0 aliphatic carbocycles. The second-order valence-corrected chi connectivity index (χ2v) is 8.05. The number of ether oxygens (including phenoxy) is 1. The summed E-state index contributed by atoms with van der Waals surface area (Å²) in [5, 5.41) is 21.1. The van der Waals surface area contributed by atoms with Gasteiger partial charge in [-0.1, -0.05) is 32.4 Å². The van der Waals surface area contributed by atoms with Crippen molar-refractivity contribution >= 4 is 22.8 Å². The molecule has 174 valence electrons. The Balaban J connectivity index is 1.86. The molecule has 0 amide bonds. The van der Waals surface area contributed by atoms with E-state index in [4.69, 9.17) is 15.6 Å². The fraction of sp³-hybridized carbons (Fsp3) is 0.522. The van der Waals surface area contributed by atoms with Gasteiger partial charge in [-0.3, -0.25) is 4.68 Å². The molecule has 0 unspecified atom stereocenters. The molecule has 0 saturated carbocycles. The predicted molar refractivity (Wildman–Crippen MR) is 128 cm³/mol. The Bertz CT molecular complexity index is 1020. The highest BCUT2D eigenvalue weighted by molar-refractivity contribution is 5.85. The van der Waals surface area contributed by atoms with Crippen molar-refractivity contribution in [1.29, 1.82) is 0 Å². The summed E-state index contributed by atoms with van der Waals surface area (Å²) in [4.78, 5) is 8.65. The Hall–Kier alpha value is -2.91. The molecule has 0 aliphatic rings. The first-order valence-corrected chi connectivity index (χ1v) is 11.3. The number of nitrogens with zero attached hydrogens (tertiary/aromatic N) is 4. The second-order valence-electron chi connectivity index (χ2n) is 8.05. The fourth-order valence-electron chi connectivity index (χ4n) is 3.72. The average molecular weight is 442 g/mol. The van der Waals surface area contributed by atoms with E-state index in [1.807, 2.05) is 10.9 Å². The third-order valence-electron chi connectivity index (χ3n) is 5.47. The zero-order valence-corrected chi connectivity index (χ0v) is 19.4. The summed E-state index contributed by atoms with van der Waals surface area (Å²) in [6.07, 6.45) is 4.70. The van der Waals surface area contributed by atoms with Crippen LogP contribution in [0, 0.1) is 0 Å². The number of nitrogens with two attached hydrogens (primary N) is 1. The van der Waals surface area contributed by atoms with Gasteiger partial charge in [0.15, 0.2) is 11.3 Å². The van der Waals surface area contributed by atoms with Crippen LogP contribution in [0.3, 0.4) is 0 Å². The van der Waals surface area contributed by atoms with Crippen LogP contribution < -0.4 is 21.1 Å². The number of hydrogen-bond donors (Lipinski definition) is 4. The zero-order chi connectivity index (χ0) is 23.1. The van der Waals surface area contributed by atoms with Gasteiger partial charge in [0.2, 0.25) is 5.95 Å². The first kappa shape index (κ1) is 23.7. The number of anilines is 2. The Morgan fingerprint density at radius 3 is 2.72 bits per heavy atom. The lowest BCUT2D eigenvalue weighted by molar-refractivity contribution is 0.268. The molecule has 0 saturated heterocycles. The molecule has 9 nitrogen and oxygen atoms in total. The molecule has 0 spiro atoms. The third kappa shape index (κ3) is 5.66. The van der Waals surface area contributed by atoms with E-state index in [0.717, 1.165) is 37.1 Å². The first-order valence-electron chi connectivity index (χ1n) is 11.3. The SMILES string of the molecule is CCCN[C@@H](C)c1ccc(Cn2cc3nc(N)nc(N[C@H](CO)CCC)c3n2)c(OC)c1. The van der Waals surface area contributed by atoms with E-state index in [9.17, 15) is 5.11 Å². The number of methoxy groups -OCH3 is 1. The number of nitrogen functional groups attached to an aromatic ring is 1. The summed E-state index contributed by atoms with van der Waals surface area (Å²) in [6, 6.07) is 6.41. The molecular formula is C23H35N7O2. The number of rotatable bonds is 12. The molecule has 3 rings (SSSR count). The van der Waals surface area contributed by atoms with Crippen molar-refractivity contribution in [3.8, 4) is 5.75 Å². The molecule has 1 aromatic carbocycles. The summed E-state index contributed by atoms with van der Waals surface area (Å²) in [5.74, 6) is 1.53. The van der Waals surface area contributed by atoms with Crippen LogP contribution in [0.1, 0.15) is 57.2 Å². The summed E-state index contributed by atoms with van der Waals surface area (Å²) < 4.78 is 7.48. The number of aliphatic hydroxyl groups is 1. The van der Waals surface area contributed by atoms with Crippen molar-refractivity contribution < 1.29 is 9.84 Å². The van der Waals surface area contributed by atoms with Gasteiger partial charge in [0.25, 0.3) is 0 Å². The van der Waals surface area contributed by atoms with Gasteiger partial charge in [0.05, 0.1) is 32.5 Å². The molecular weight excluding hydrogens is 406 g/mol. The highest BCUT2D eigenvalue weighted by Gasteiger charge is 2.16. The topological polar surface area (TPSA) is 123 Å². The smallest absolute Gasteiger partial charge is 0.222 e. The van der Waals surface area contributed by atoms with E-state index in [0.29, 0.717) is 23.4 Å². The van der Waals surface area contributed by atoms with Crippen LogP contribution in [0.15, 0.2) is 24.4 Å². The highest BCUT2D eigenvalue weighted by atomic mass is 16.5. The van der Waals surface area contributed by atoms with Crippen LogP contribution in [0.2, 0.25) is 0 Å². The van der Waals surface area contributed by atoms with Gasteiger partial charge >= 0.3 is 0 Å². The second kappa shape index (κ2) is 11.1. The van der Waals surface area contributed by atoms with Gasteiger partial charge in [-0.2, -0.15) is 10.1 Å². The van der Waals surface area contributed by atoms with Crippen molar-refractivity contribution in [2.24, 2.45) is 0 Å². The quantitative estimate of drug-likeness (QED) is 0.338. The summed E-state index contributed by atoms with van der Waals surface area (Å²) in [7, 11) is 1.68. The standard InChI is InChI=1S/C23H35N7O2/c1-5-7-18(14-31)26-22-21-19(27-23(24)28-22)13-30(29-21)12-17-9-8-16(11-20(17)32-4)15(3)25-10-6-2/h8-9,11,13,15,18,25,31H,5-7,10,12,14H2,1-4H3,(H3,24,26,27,28)/t15-,18-/m0/s1. The maximum absolute atomic E-state index is 9.65. The number of fused-ring (bicyclic) bond motifs is 1. The van der Waals surface area contributed by atoms with Crippen LogP contribution in [0.25, 0.3) is 11.0 Å². The average Bonchev–Trinajstić information content (AvgIpc) is 3.19. The monoisotopic (exact) mass is 441 g/mol. The lowest BCUT2D eigenvalue weighted by atomic mass is 10.0. The van der Waals surface area contributed by atoms with Gasteiger partial charge in [-0.25, -0.2) is 4.98 Å². The largest absolute Gasteiger partial charge is 0.496 e. The normalized spacial score (nSPS) is 13.3. The van der Waals surface area contributed by atoms with Crippen molar-refractivity contribution in [2.45, 2.75) is 58.7 Å². The van der Waals surface area contributed by atoms with Crippen molar-refractivity contribution in [1.82, 2.24) is 25.1 Å². The minimum Gasteiger partial charge on any atom is -0.496 e. The molecule has 2 heterocycles. The Morgan fingerprint density at radius 2 is 2.03 bits per heavy atom. The number of aliphatic hydroxyl groups excluding tert-OH is 1. The lowest BCUT2D eigenvalue weighted by Gasteiger charge is -2.17. The van der Waals surface area contributed by atoms with Crippen LogP contribution in [-0.4, -0.2) is 51.2 Å². The van der Waals surface area contributed by atoms with Crippen molar-refractivity contribution in [2.75, 3.05) is 31.3 Å². The van der Waals surface area contributed by atoms with Gasteiger partial charge in [-0.05, 0) is 37.9 Å². The highest BCUT2D eigenvalue weighted by Crippen LogP contribution is 2.26. The van der Waals surface area contributed by atoms with Crippen LogP contribution in [0.4, 0.5) is 11.8 Å². The Labute approximate surface area is 189 Å². The van der Waals surface area contributed by atoms with E-state index in [1.54, 1.807) is 7.11 Å². The fourth-order valence-corrected chi connectivity index (χ4v) is 3.72. The Morgan fingerprint density at radius 1 is 1.22 bits per heavy atom. The molecule has 32 heavy (non-hydrogen) atoms. The minimum absolute atomic E-state index is 0.00896. The first-order chi connectivity index (χ1) is 15.5. The summed E-state index contributed by atoms with van der Waals surface area (Å²) in [5.41, 5.74) is 9.39. The number of benzene rings is 1. The molecule has 2 atom stereocenters. The molecule has 0 bridgehead atoms. The van der Waals surface area contributed by atoms with Crippen molar-refractivity contribution in [3.63, 3.8) is 0 Å². The molecule has 3 aromatic rings. The number of hydrogen-bond acceptors (Lipinski definition) is 8. The van der Waals surface area contributed by atoms with E-state index in [1.165, 1.54) is 5.56 Å². The molecule has 0 aliphatic heterocycles. The summed E-state index contributed by atoms with van der Waals surface area (Å²) >= 11 is 0. The summed E-state index contributed by atoms with van der Waals surface area (Å²) in [6.45, 7) is 7.89.